The SMILES string of the molecule is O=C(c1ccc(-c2ccccc2)cc1)N1CCN(C2CN(C(=O)c3nccs3)C2)C(c2ccccc2)C1. The Hall–Kier alpha value is -3.81. The Bertz CT molecular complexity index is 1350. The van der Waals surface area contributed by atoms with Crippen LogP contribution in [0.4, 0.5) is 0 Å². The molecule has 0 spiro atoms. The van der Waals surface area contributed by atoms with Gasteiger partial charge in [-0.15, -0.1) is 11.3 Å². The maximum absolute atomic E-state index is 13.5. The van der Waals surface area contributed by atoms with E-state index in [1.807, 2.05) is 63.7 Å². The third kappa shape index (κ3) is 4.80. The molecule has 0 saturated carbocycles. The first-order chi connectivity index (χ1) is 18.2. The Kier molecular flexibility index (Phi) is 6.55. The van der Waals surface area contributed by atoms with Crippen LogP contribution >= 0.6 is 11.3 Å². The van der Waals surface area contributed by atoms with Gasteiger partial charge in [0.05, 0.1) is 6.04 Å². The van der Waals surface area contributed by atoms with E-state index >= 15 is 0 Å². The third-order valence-electron chi connectivity index (χ3n) is 7.37. The van der Waals surface area contributed by atoms with Crippen molar-refractivity contribution in [1.82, 2.24) is 19.7 Å². The van der Waals surface area contributed by atoms with Crippen molar-refractivity contribution < 1.29 is 9.59 Å². The quantitative estimate of drug-likeness (QED) is 0.387. The Morgan fingerprint density at radius 2 is 1.41 bits per heavy atom. The number of thiazole rings is 1. The molecule has 1 unspecified atom stereocenters. The van der Waals surface area contributed by atoms with Crippen LogP contribution in [0.15, 0.2) is 96.5 Å². The zero-order valence-electron chi connectivity index (χ0n) is 20.4. The van der Waals surface area contributed by atoms with E-state index < -0.39 is 0 Å². The molecule has 0 N–H and O–H groups in total. The summed E-state index contributed by atoms with van der Waals surface area (Å²) < 4.78 is 0. The Morgan fingerprint density at radius 1 is 0.730 bits per heavy atom. The van der Waals surface area contributed by atoms with Gasteiger partial charge in [-0.25, -0.2) is 4.98 Å². The van der Waals surface area contributed by atoms with E-state index in [1.165, 1.54) is 16.9 Å². The third-order valence-corrected chi connectivity index (χ3v) is 8.13. The summed E-state index contributed by atoms with van der Waals surface area (Å²) in [4.78, 5) is 36.7. The summed E-state index contributed by atoms with van der Waals surface area (Å²) in [6, 6.07) is 28.9. The molecule has 2 aliphatic rings. The summed E-state index contributed by atoms with van der Waals surface area (Å²) in [5.41, 5.74) is 4.15. The van der Waals surface area contributed by atoms with Crippen LogP contribution in [0.2, 0.25) is 0 Å². The van der Waals surface area contributed by atoms with Crippen LogP contribution in [0.3, 0.4) is 0 Å². The van der Waals surface area contributed by atoms with Gasteiger partial charge in [0.25, 0.3) is 11.8 Å². The molecule has 6 rings (SSSR count). The molecule has 186 valence electrons. The number of amides is 2. The van der Waals surface area contributed by atoms with Gasteiger partial charge in [-0.1, -0.05) is 72.8 Å². The second kappa shape index (κ2) is 10.3. The molecule has 0 aliphatic carbocycles. The smallest absolute Gasteiger partial charge is 0.282 e. The van der Waals surface area contributed by atoms with Gasteiger partial charge in [0.1, 0.15) is 0 Å². The number of nitrogens with zero attached hydrogens (tertiary/aromatic N) is 4. The van der Waals surface area contributed by atoms with E-state index in [4.69, 9.17) is 0 Å². The summed E-state index contributed by atoms with van der Waals surface area (Å²) in [5, 5.41) is 2.38. The van der Waals surface area contributed by atoms with E-state index in [0.29, 0.717) is 36.8 Å². The number of benzene rings is 3. The normalized spacial score (nSPS) is 18.4. The van der Waals surface area contributed by atoms with Crippen LogP contribution in [0.25, 0.3) is 11.1 Å². The molecular formula is C30H28N4O2S. The van der Waals surface area contributed by atoms with E-state index in [2.05, 4.69) is 46.3 Å². The molecule has 1 atom stereocenters. The standard InChI is InChI=1S/C30H28N4O2S/c35-29(25-13-11-23(12-14-25)22-7-3-1-4-8-22)32-16-17-34(27(21-32)24-9-5-2-6-10-24)26-19-33(20-26)30(36)28-31-15-18-37-28/h1-15,18,26-27H,16-17,19-21H2. The lowest BCUT2D eigenvalue weighted by Gasteiger charge is -2.51. The Labute approximate surface area is 220 Å². The van der Waals surface area contributed by atoms with Crippen molar-refractivity contribution in [3.8, 4) is 11.1 Å². The van der Waals surface area contributed by atoms with Crippen LogP contribution in [0, 0.1) is 0 Å². The molecule has 1 aromatic heterocycles. The number of rotatable bonds is 5. The highest BCUT2D eigenvalue weighted by molar-refractivity contribution is 7.11. The van der Waals surface area contributed by atoms with Crippen molar-refractivity contribution >= 4 is 23.2 Å². The van der Waals surface area contributed by atoms with E-state index in [9.17, 15) is 9.59 Å². The summed E-state index contributed by atoms with van der Waals surface area (Å²) in [6.07, 6.45) is 1.67. The van der Waals surface area contributed by atoms with Crippen LogP contribution < -0.4 is 0 Å². The van der Waals surface area contributed by atoms with Crippen molar-refractivity contribution in [2.24, 2.45) is 0 Å². The zero-order valence-corrected chi connectivity index (χ0v) is 21.3. The second-order valence-electron chi connectivity index (χ2n) is 9.56. The largest absolute Gasteiger partial charge is 0.335 e. The minimum absolute atomic E-state index is 0.00951. The average Bonchev–Trinajstić information content (AvgIpc) is 3.48. The molecule has 0 bridgehead atoms. The number of carbonyl (C=O) groups excluding carboxylic acids is 2. The molecule has 3 aromatic carbocycles. The van der Waals surface area contributed by atoms with Crippen LogP contribution in [0.5, 0.6) is 0 Å². The molecule has 2 aliphatic heterocycles. The van der Waals surface area contributed by atoms with Crippen molar-refractivity contribution in [1.29, 1.82) is 0 Å². The maximum Gasteiger partial charge on any atom is 0.282 e. The topological polar surface area (TPSA) is 56.8 Å². The van der Waals surface area contributed by atoms with Gasteiger partial charge < -0.3 is 9.80 Å². The number of likely N-dealkylation sites (tertiary alicyclic amines) is 1. The van der Waals surface area contributed by atoms with Crippen LogP contribution in [-0.2, 0) is 0 Å². The summed E-state index contributed by atoms with van der Waals surface area (Å²) >= 11 is 1.38. The van der Waals surface area contributed by atoms with E-state index in [0.717, 1.165) is 17.7 Å². The summed E-state index contributed by atoms with van der Waals surface area (Å²) in [6.45, 7) is 3.45. The minimum Gasteiger partial charge on any atom is -0.335 e. The second-order valence-corrected chi connectivity index (χ2v) is 10.5. The fourth-order valence-corrected chi connectivity index (χ4v) is 5.91. The molecule has 4 aromatic rings. The molecule has 0 radical (unpaired) electrons. The number of carbonyl (C=O) groups is 2. The molecular weight excluding hydrogens is 480 g/mol. The lowest BCUT2D eigenvalue weighted by molar-refractivity contribution is -0.0186. The number of hydrogen-bond acceptors (Lipinski definition) is 5. The Balaban J connectivity index is 1.16. The van der Waals surface area contributed by atoms with Crippen LogP contribution in [-0.4, -0.2) is 70.3 Å². The lowest BCUT2D eigenvalue weighted by atomic mass is 9.96. The average molecular weight is 509 g/mol. The molecule has 7 heteroatoms. The first kappa shape index (κ1) is 23.6. The fourth-order valence-electron chi connectivity index (χ4n) is 5.30. The van der Waals surface area contributed by atoms with Gasteiger partial charge in [0.15, 0.2) is 5.01 Å². The fraction of sp³-hybridized carbons (Fsp3) is 0.233. The molecule has 2 amide bonds. The van der Waals surface area contributed by atoms with E-state index in [-0.39, 0.29) is 23.9 Å². The zero-order chi connectivity index (χ0) is 25.2. The monoisotopic (exact) mass is 508 g/mol. The van der Waals surface area contributed by atoms with Crippen molar-refractivity contribution in [3.05, 3.63) is 113 Å². The summed E-state index contributed by atoms with van der Waals surface area (Å²) in [7, 11) is 0. The van der Waals surface area contributed by atoms with E-state index in [1.54, 1.807) is 6.20 Å². The highest BCUT2D eigenvalue weighted by atomic mass is 32.1. The number of hydrogen-bond donors (Lipinski definition) is 0. The van der Waals surface area contributed by atoms with Gasteiger partial charge in [0.2, 0.25) is 0 Å². The van der Waals surface area contributed by atoms with Crippen molar-refractivity contribution in [3.63, 3.8) is 0 Å². The van der Waals surface area contributed by atoms with Crippen molar-refractivity contribution in [2.75, 3.05) is 32.7 Å². The Morgan fingerprint density at radius 3 is 2.08 bits per heavy atom. The number of piperazine rings is 1. The summed E-state index contributed by atoms with van der Waals surface area (Å²) in [5.74, 6) is 0.0738. The lowest BCUT2D eigenvalue weighted by Crippen LogP contribution is -2.65. The molecule has 2 fully saturated rings. The molecule has 6 nitrogen and oxygen atoms in total. The predicted molar refractivity (Wildman–Crippen MR) is 145 cm³/mol. The van der Waals surface area contributed by atoms with Crippen LogP contribution in [0.1, 0.15) is 31.8 Å². The maximum atomic E-state index is 13.5. The predicted octanol–water partition coefficient (Wildman–Crippen LogP) is 4.83. The van der Waals surface area contributed by atoms with Gasteiger partial charge in [0, 0.05) is 55.9 Å². The molecule has 3 heterocycles. The molecule has 37 heavy (non-hydrogen) atoms. The minimum atomic E-state index is 0.00951. The first-order valence-corrected chi connectivity index (χ1v) is 13.5. The highest BCUT2D eigenvalue weighted by Gasteiger charge is 2.42. The highest BCUT2D eigenvalue weighted by Crippen LogP contribution is 2.32. The van der Waals surface area contributed by atoms with Gasteiger partial charge >= 0.3 is 0 Å². The van der Waals surface area contributed by atoms with Gasteiger partial charge in [-0.05, 0) is 28.8 Å². The van der Waals surface area contributed by atoms with Gasteiger partial charge in [-0.3, -0.25) is 14.5 Å². The number of aromatic nitrogens is 1. The van der Waals surface area contributed by atoms with Crippen molar-refractivity contribution in [2.45, 2.75) is 12.1 Å². The molecule has 2 saturated heterocycles. The first-order valence-electron chi connectivity index (χ1n) is 12.6. The van der Waals surface area contributed by atoms with Gasteiger partial charge in [-0.2, -0.15) is 0 Å².